The van der Waals surface area contributed by atoms with Crippen LogP contribution in [0.5, 0.6) is 5.75 Å². The van der Waals surface area contributed by atoms with Crippen molar-refractivity contribution < 1.29 is 4.74 Å². The lowest BCUT2D eigenvalue weighted by Gasteiger charge is -2.19. The zero-order valence-electron chi connectivity index (χ0n) is 11.7. The number of nitrogens with one attached hydrogen (secondary N) is 1. The van der Waals surface area contributed by atoms with Gasteiger partial charge >= 0.3 is 0 Å². The van der Waals surface area contributed by atoms with Gasteiger partial charge in [-0.25, -0.2) is 0 Å². The molecule has 0 aliphatic carbocycles. The quantitative estimate of drug-likeness (QED) is 0.807. The first-order chi connectivity index (χ1) is 8.02. The zero-order valence-corrected chi connectivity index (χ0v) is 11.7. The third-order valence-corrected chi connectivity index (χ3v) is 2.90. The van der Waals surface area contributed by atoms with Crippen LogP contribution in [0.3, 0.4) is 0 Å². The lowest BCUT2D eigenvalue weighted by Crippen LogP contribution is -2.28. The Labute approximate surface area is 105 Å². The molecule has 2 nitrogen and oxygen atoms in total. The summed E-state index contributed by atoms with van der Waals surface area (Å²) in [7, 11) is 0. The highest BCUT2D eigenvalue weighted by atomic mass is 16.5. The van der Waals surface area contributed by atoms with Crippen LogP contribution in [-0.4, -0.2) is 12.1 Å². The van der Waals surface area contributed by atoms with E-state index in [4.69, 9.17) is 4.74 Å². The molecule has 0 spiro atoms. The molecule has 17 heavy (non-hydrogen) atoms. The van der Waals surface area contributed by atoms with Crippen molar-refractivity contribution in [1.82, 2.24) is 5.32 Å². The monoisotopic (exact) mass is 235 g/mol. The van der Waals surface area contributed by atoms with E-state index in [1.54, 1.807) is 0 Å². The van der Waals surface area contributed by atoms with E-state index in [-0.39, 0.29) is 6.10 Å². The van der Waals surface area contributed by atoms with Gasteiger partial charge in [0.2, 0.25) is 0 Å². The number of hydrogen-bond acceptors (Lipinski definition) is 2. The topological polar surface area (TPSA) is 21.3 Å². The second-order valence-corrected chi connectivity index (χ2v) is 4.93. The van der Waals surface area contributed by atoms with Crippen molar-refractivity contribution in [3.05, 3.63) is 29.8 Å². The molecule has 0 amide bonds. The summed E-state index contributed by atoms with van der Waals surface area (Å²) >= 11 is 0. The van der Waals surface area contributed by atoms with Crippen LogP contribution in [-0.2, 0) is 0 Å². The third-order valence-electron chi connectivity index (χ3n) is 2.90. The second-order valence-electron chi connectivity index (χ2n) is 4.93. The van der Waals surface area contributed by atoms with Crippen LogP contribution in [0.25, 0.3) is 0 Å². The summed E-state index contributed by atoms with van der Waals surface area (Å²) in [5.41, 5.74) is 1.31. The molecule has 2 heteroatoms. The molecule has 0 fully saturated rings. The van der Waals surface area contributed by atoms with Crippen LogP contribution in [0.15, 0.2) is 24.3 Å². The van der Waals surface area contributed by atoms with Crippen molar-refractivity contribution in [3.8, 4) is 5.75 Å². The summed E-state index contributed by atoms with van der Waals surface area (Å²) in [4.78, 5) is 0. The van der Waals surface area contributed by atoms with Crippen molar-refractivity contribution in [1.29, 1.82) is 0 Å². The first-order valence-corrected chi connectivity index (χ1v) is 6.55. The van der Waals surface area contributed by atoms with Crippen molar-refractivity contribution in [2.75, 3.05) is 0 Å². The molecule has 0 unspecified atom stereocenters. The lowest BCUT2D eigenvalue weighted by atomic mass is 10.1. The minimum absolute atomic E-state index is 0.233. The highest BCUT2D eigenvalue weighted by Crippen LogP contribution is 2.19. The highest BCUT2D eigenvalue weighted by molar-refractivity contribution is 5.29. The van der Waals surface area contributed by atoms with E-state index in [1.807, 2.05) is 26.0 Å². The van der Waals surface area contributed by atoms with Gasteiger partial charge in [-0.05, 0) is 51.8 Å². The van der Waals surface area contributed by atoms with E-state index in [2.05, 4.69) is 38.2 Å². The predicted molar refractivity (Wildman–Crippen MR) is 73.5 cm³/mol. The minimum Gasteiger partial charge on any atom is -0.491 e. The third kappa shape index (κ3) is 4.78. The van der Waals surface area contributed by atoms with Gasteiger partial charge in [0.25, 0.3) is 0 Å². The Kier molecular flexibility index (Phi) is 5.49. The summed E-state index contributed by atoms with van der Waals surface area (Å²) < 4.78 is 5.63. The molecule has 0 aromatic heterocycles. The van der Waals surface area contributed by atoms with Gasteiger partial charge in [-0.15, -0.1) is 0 Å². The average molecular weight is 235 g/mol. The molecule has 1 aromatic carbocycles. The van der Waals surface area contributed by atoms with Crippen LogP contribution in [0.4, 0.5) is 0 Å². The summed E-state index contributed by atoms with van der Waals surface area (Å²) in [6, 6.07) is 9.30. The Balaban J connectivity index is 2.60. The Hall–Kier alpha value is -1.02. The number of hydrogen-bond donors (Lipinski definition) is 1. The van der Waals surface area contributed by atoms with E-state index in [0.717, 1.165) is 12.2 Å². The number of rotatable bonds is 6. The molecule has 0 bridgehead atoms. The van der Waals surface area contributed by atoms with Gasteiger partial charge in [0, 0.05) is 12.1 Å². The first-order valence-electron chi connectivity index (χ1n) is 6.55. The molecule has 0 saturated heterocycles. The molecule has 0 radical (unpaired) electrons. The Morgan fingerprint density at radius 3 is 2.12 bits per heavy atom. The average Bonchev–Trinajstić information content (AvgIpc) is 2.28. The van der Waals surface area contributed by atoms with E-state index in [1.165, 1.54) is 5.56 Å². The lowest BCUT2D eigenvalue weighted by molar-refractivity contribution is 0.242. The molecule has 96 valence electrons. The smallest absolute Gasteiger partial charge is 0.119 e. The molecule has 2 atom stereocenters. The van der Waals surface area contributed by atoms with Crippen LogP contribution in [0, 0.1) is 0 Å². The maximum atomic E-state index is 5.63. The second kappa shape index (κ2) is 6.65. The van der Waals surface area contributed by atoms with Gasteiger partial charge in [0.05, 0.1) is 6.10 Å². The van der Waals surface area contributed by atoms with Crippen molar-refractivity contribution in [3.63, 3.8) is 0 Å². The number of ether oxygens (including phenoxy) is 1. The maximum absolute atomic E-state index is 5.63. The fraction of sp³-hybridized carbons (Fsp3) is 0.600. The van der Waals surface area contributed by atoms with Crippen LogP contribution >= 0.6 is 0 Å². The fourth-order valence-corrected chi connectivity index (χ4v) is 1.75. The van der Waals surface area contributed by atoms with Crippen molar-refractivity contribution >= 4 is 0 Å². The predicted octanol–water partition coefficient (Wildman–Crippen LogP) is 3.92. The maximum Gasteiger partial charge on any atom is 0.119 e. The molecule has 0 aliphatic heterocycles. The standard InChI is InChI=1S/C15H25NO/c1-6-12(4)16-13(5)14-7-9-15(10-8-14)17-11(2)3/h7-13,16H,6H2,1-5H3/t12-,13-/m1/s1. The zero-order chi connectivity index (χ0) is 12.8. The van der Waals surface area contributed by atoms with E-state index < -0.39 is 0 Å². The van der Waals surface area contributed by atoms with Crippen LogP contribution < -0.4 is 10.1 Å². The Bertz CT molecular complexity index is 318. The van der Waals surface area contributed by atoms with E-state index in [0.29, 0.717) is 12.1 Å². The first kappa shape index (κ1) is 14.0. The molecule has 1 rings (SSSR count). The van der Waals surface area contributed by atoms with Gasteiger partial charge < -0.3 is 10.1 Å². The summed E-state index contributed by atoms with van der Waals surface area (Å²) in [5, 5.41) is 3.57. The van der Waals surface area contributed by atoms with Crippen LogP contribution in [0.2, 0.25) is 0 Å². The van der Waals surface area contributed by atoms with Gasteiger partial charge in [0.1, 0.15) is 5.75 Å². The summed E-state index contributed by atoms with van der Waals surface area (Å²) in [6.07, 6.45) is 1.38. The molecule has 1 aromatic rings. The van der Waals surface area contributed by atoms with Crippen molar-refractivity contribution in [2.24, 2.45) is 0 Å². The molecular formula is C15H25NO. The summed E-state index contributed by atoms with van der Waals surface area (Å²) in [6.45, 7) is 10.7. The van der Waals surface area contributed by atoms with Gasteiger partial charge in [-0.3, -0.25) is 0 Å². The molecule has 0 saturated carbocycles. The Morgan fingerprint density at radius 1 is 1.06 bits per heavy atom. The van der Waals surface area contributed by atoms with E-state index >= 15 is 0 Å². The minimum atomic E-state index is 0.233. The SMILES string of the molecule is CC[C@@H](C)N[C@H](C)c1ccc(OC(C)C)cc1. The molecule has 1 N–H and O–H groups in total. The fourth-order valence-electron chi connectivity index (χ4n) is 1.75. The van der Waals surface area contributed by atoms with E-state index in [9.17, 15) is 0 Å². The number of benzene rings is 1. The van der Waals surface area contributed by atoms with Gasteiger partial charge in [-0.1, -0.05) is 19.1 Å². The van der Waals surface area contributed by atoms with Crippen LogP contribution in [0.1, 0.15) is 52.6 Å². The largest absolute Gasteiger partial charge is 0.491 e. The molecular weight excluding hydrogens is 210 g/mol. The van der Waals surface area contributed by atoms with Crippen molar-refractivity contribution in [2.45, 2.75) is 59.2 Å². The van der Waals surface area contributed by atoms with Gasteiger partial charge in [0.15, 0.2) is 0 Å². The Morgan fingerprint density at radius 2 is 1.65 bits per heavy atom. The molecule has 0 heterocycles. The van der Waals surface area contributed by atoms with Gasteiger partial charge in [-0.2, -0.15) is 0 Å². The summed E-state index contributed by atoms with van der Waals surface area (Å²) in [5.74, 6) is 0.944. The molecule has 0 aliphatic rings. The normalized spacial score (nSPS) is 14.7. The highest BCUT2D eigenvalue weighted by Gasteiger charge is 2.08.